The topological polar surface area (TPSA) is 94.6 Å². The maximum absolute atomic E-state index is 5.89. The highest BCUT2D eigenvalue weighted by atomic mass is 16.5. The van der Waals surface area contributed by atoms with Crippen LogP contribution in [0.5, 0.6) is 11.5 Å². The van der Waals surface area contributed by atoms with E-state index in [1.807, 2.05) is 36.4 Å². The first-order chi connectivity index (χ1) is 13.9. The minimum Gasteiger partial charge on any atom is -0.495 e. The molecule has 0 fully saturated rings. The molecule has 0 aliphatic carbocycles. The number of quaternary nitrogens is 1. The number of hydrogen-bond acceptors (Lipinski definition) is 6. The summed E-state index contributed by atoms with van der Waals surface area (Å²) >= 11 is 0. The van der Waals surface area contributed by atoms with Crippen molar-refractivity contribution in [3.8, 4) is 11.5 Å². The van der Waals surface area contributed by atoms with E-state index in [9.17, 15) is 0 Å². The van der Waals surface area contributed by atoms with Crippen LogP contribution in [0.4, 0.5) is 22.7 Å². The Morgan fingerprint density at radius 1 is 0.800 bits per heavy atom. The van der Waals surface area contributed by atoms with Crippen LogP contribution in [-0.4, -0.2) is 58.5 Å². The van der Waals surface area contributed by atoms with Crippen LogP contribution >= 0.6 is 0 Å². The van der Waals surface area contributed by atoms with Gasteiger partial charge in [0, 0.05) is 23.5 Å². The minimum absolute atomic E-state index is 0. The van der Waals surface area contributed by atoms with Crippen LogP contribution < -0.4 is 31.6 Å². The Morgan fingerprint density at radius 3 is 1.60 bits per heavy atom. The van der Waals surface area contributed by atoms with Crippen LogP contribution in [-0.2, 0) is 0 Å². The Morgan fingerprint density at radius 2 is 1.23 bits per heavy atom. The van der Waals surface area contributed by atoms with Crippen molar-refractivity contribution < 1.29 is 14.0 Å². The molecular weight excluding hydrogens is 378 g/mol. The second kappa shape index (κ2) is 12.0. The van der Waals surface area contributed by atoms with E-state index in [1.54, 1.807) is 14.2 Å². The highest BCUT2D eigenvalue weighted by molar-refractivity contribution is 5.62. The molecule has 0 aliphatic heterocycles. The molecule has 0 bridgehead atoms. The third kappa shape index (κ3) is 7.22. The number of benzene rings is 2. The number of likely N-dealkylation sites (N-methyl/N-ethyl adjacent to an activating group) is 1. The average molecular weight is 418 g/mol. The number of nitrogens with zero attached hydrogens (tertiary/aromatic N) is 1. The molecule has 2 aromatic rings. The summed E-state index contributed by atoms with van der Waals surface area (Å²) in [6, 6.07) is 11.6. The average Bonchev–Trinajstić information content (AvgIpc) is 2.70. The molecule has 0 unspecified atom stereocenters. The van der Waals surface area contributed by atoms with E-state index in [1.165, 1.54) is 0 Å². The van der Waals surface area contributed by atoms with Crippen LogP contribution in [0.1, 0.15) is 13.3 Å². The van der Waals surface area contributed by atoms with Crippen molar-refractivity contribution in [1.82, 2.24) is 0 Å². The Kier molecular flexibility index (Phi) is 10.1. The molecule has 30 heavy (non-hydrogen) atoms. The van der Waals surface area contributed by atoms with Gasteiger partial charge >= 0.3 is 0 Å². The van der Waals surface area contributed by atoms with Gasteiger partial charge in [0.05, 0.1) is 65.4 Å². The first-order valence-electron chi connectivity index (χ1n) is 10.1. The van der Waals surface area contributed by atoms with Gasteiger partial charge in [-0.05, 0) is 30.7 Å². The van der Waals surface area contributed by atoms with Gasteiger partial charge < -0.3 is 43.5 Å². The summed E-state index contributed by atoms with van der Waals surface area (Å²) in [5, 5.41) is 6.98. The van der Waals surface area contributed by atoms with E-state index in [0.29, 0.717) is 22.9 Å². The number of methoxy groups -OCH3 is 2. The Labute approximate surface area is 181 Å². The highest BCUT2D eigenvalue weighted by Gasteiger charge is 2.19. The number of hydrogen-bond donors (Lipinski definition) is 4. The van der Waals surface area contributed by atoms with Gasteiger partial charge in [0.25, 0.3) is 0 Å². The van der Waals surface area contributed by atoms with Crippen LogP contribution in [0.15, 0.2) is 36.4 Å². The summed E-state index contributed by atoms with van der Waals surface area (Å²) in [6.07, 6.45) is 1.14. The van der Waals surface area contributed by atoms with Crippen molar-refractivity contribution in [2.75, 3.05) is 76.1 Å². The zero-order chi connectivity index (χ0) is 21.3. The number of nitrogens with two attached hydrogens (primary N) is 2. The van der Waals surface area contributed by atoms with Gasteiger partial charge in [0.15, 0.2) is 0 Å². The molecule has 0 aromatic heterocycles. The Balaban J connectivity index is 0.00000450. The molecule has 168 valence electrons. The standard InChI is InChI=1S/C22H36N5O2.CH3/c1-5-12-27(2,13-10-25-17-6-8-19(23)21(15-17)28-3)14-11-26-18-7-9-20(24)22(16-18)29-4;/h6-9,15-16,25-26H,5,10-14,23-24H2,1-4H3;1H3/q+1;-1. The summed E-state index contributed by atoms with van der Waals surface area (Å²) in [4.78, 5) is 0. The smallest absolute Gasteiger partial charge is 0.143 e. The predicted molar refractivity (Wildman–Crippen MR) is 129 cm³/mol. The lowest BCUT2D eigenvalue weighted by Gasteiger charge is -2.35. The van der Waals surface area contributed by atoms with E-state index >= 15 is 0 Å². The SMILES string of the molecule is CCC[N+](C)(CCNc1ccc(N)c(OC)c1)CCNc1ccc(N)c(OC)c1.[CH3-]. The number of anilines is 4. The van der Waals surface area contributed by atoms with E-state index in [4.69, 9.17) is 20.9 Å². The van der Waals surface area contributed by atoms with Gasteiger partial charge in [-0.1, -0.05) is 6.92 Å². The van der Waals surface area contributed by atoms with Gasteiger partial charge in [0.1, 0.15) is 11.5 Å². The van der Waals surface area contributed by atoms with Crippen molar-refractivity contribution in [2.45, 2.75) is 13.3 Å². The normalized spacial score (nSPS) is 10.8. The first-order valence-corrected chi connectivity index (χ1v) is 10.1. The highest BCUT2D eigenvalue weighted by Crippen LogP contribution is 2.26. The van der Waals surface area contributed by atoms with Crippen LogP contribution in [0, 0.1) is 7.43 Å². The molecular formula is C23H39N5O2. The zero-order valence-electron chi connectivity index (χ0n) is 19.1. The maximum Gasteiger partial charge on any atom is 0.143 e. The van der Waals surface area contributed by atoms with Crippen molar-refractivity contribution in [3.05, 3.63) is 43.8 Å². The number of nitrogens with one attached hydrogen (secondary N) is 2. The van der Waals surface area contributed by atoms with E-state index in [0.717, 1.165) is 55.0 Å². The number of nitrogen functional groups attached to an aromatic ring is 2. The molecule has 0 radical (unpaired) electrons. The number of rotatable bonds is 12. The second-order valence-corrected chi connectivity index (χ2v) is 7.56. The molecule has 0 saturated heterocycles. The fraction of sp³-hybridized carbons (Fsp3) is 0.435. The summed E-state index contributed by atoms with van der Waals surface area (Å²) in [5.74, 6) is 1.40. The predicted octanol–water partition coefficient (Wildman–Crippen LogP) is 3.70. The lowest BCUT2D eigenvalue weighted by molar-refractivity contribution is -0.906. The molecule has 0 amide bonds. The quantitative estimate of drug-likeness (QED) is 0.239. The summed E-state index contributed by atoms with van der Waals surface area (Å²) in [6.45, 7) is 7.14. The lowest BCUT2D eigenvalue weighted by atomic mass is 10.2. The van der Waals surface area contributed by atoms with Crippen molar-refractivity contribution in [2.24, 2.45) is 0 Å². The van der Waals surface area contributed by atoms with Crippen LogP contribution in [0.2, 0.25) is 0 Å². The molecule has 6 N–H and O–H groups in total. The van der Waals surface area contributed by atoms with Crippen molar-refractivity contribution in [3.63, 3.8) is 0 Å². The molecule has 0 saturated carbocycles. The first kappa shape index (κ1) is 25.2. The number of ether oxygens (including phenoxy) is 2. The summed E-state index contributed by atoms with van der Waals surface area (Å²) in [7, 11) is 5.57. The second-order valence-electron chi connectivity index (χ2n) is 7.56. The molecule has 0 spiro atoms. The van der Waals surface area contributed by atoms with Crippen molar-refractivity contribution in [1.29, 1.82) is 0 Å². The molecule has 2 aromatic carbocycles. The Hall–Kier alpha value is -2.80. The molecule has 0 atom stereocenters. The van der Waals surface area contributed by atoms with Crippen molar-refractivity contribution >= 4 is 22.7 Å². The third-order valence-corrected chi connectivity index (χ3v) is 5.19. The summed E-state index contributed by atoms with van der Waals surface area (Å²) < 4.78 is 11.6. The molecule has 0 heterocycles. The fourth-order valence-corrected chi connectivity index (χ4v) is 3.46. The molecule has 7 heteroatoms. The zero-order valence-corrected chi connectivity index (χ0v) is 19.1. The third-order valence-electron chi connectivity index (χ3n) is 5.19. The Bertz CT molecular complexity index is 723. The summed E-state index contributed by atoms with van der Waals surface area (Å²) in [5.41, 5.74) is 15.1. The van der Waals surface area contributed by atoms with Gasteiger partial charge in [-0.25, -0.2) is 0 Å². The monoisotopic (exact) mass is 417 g/mol. The van der Waals surface area contributed by atoms with Gasteiger partial charge in [-0.2, -0.15) is 0 Å². The van der Waals surface area contributed by atoms with Crippen LogP contribution in [0.3, 0.4) is 0 Å². The molecule has 0 aliphatic rings. The van der Waals surface area contributed by atoms with E-state index < -0.39 is 0 Å². The van der Waals surface area contributed by atoms with Crippen LogP contribution in [0.25, 0.3) is 0 Å². The fourth-order valence-electron chi connectivity index (χ4n) is 3.46. The van der Waals surface area contributed by atoms with Gasteiger partial charge in [-0.15, -0.1) is 0 Å². The van der Waals surface area contributed by atoms with E-state index in [2.05, 4.69) is 24.6 Å². The minimum atomic E-state index is 0. The van der Waals surface area contributed by atoms with E-state index in [-0.39, 0.29) is 7.43 Å². The maximum atomic E-state index is 5.89. The largest absolute Gasteiger partial charge is 0.495 e. The lowest BCUT2D eigenvalue weighted by Crippen LogP contribution is -2.50. The molecule has 2 rings (SSSR count). The van der Waals surface area contributed by atoms with Gasteiger partial charge in [0.2, 0.25) is 0 Å². The van der Waals surface area contributed by atoms with Gasteiger partial charge in [-0.3, -0.25) is 0 Å². The molecule has 7 nitrogen and oxygen atoms in total.